The average molecular weight is 387 g/mol. The number of amides is 1. The summed E-state index contributed by atoms with van der Waals surface area (Å²) in [5.74, 6) is 0.0813. The molecule has 0 aliphatic rings. The van der Waals surface area contributed by atoms with E-state index in [9.17, 15) is 18.0 Å². The van der Waals surface area contributed by atoms with E-state index in [4.69, 9.17) is 16.3 Å². The third kappa shape index (κ3) is 5.29. The van der Waals surface area contributed by atoms with Gasteiger partial charge >= 0.3 is 6.18 Å². The van der Waals surface area contributed by atoms with Crippen molar-refractivity contribution in [1.29, 1.82) is 0 Å². The van der Waals surface area contributed by atoms with Gasteiger partial charge in [0.2, 0.25) is 5.91 Å². The van der Waals surface area contributed by atoms with Gasteiger partial charge in [-0.3, -0.25) is 4.79 Å². The van der Waals surface area contributed by atoms with Gasteiger partial charge in [0.15, 0.2) is 0 Å². The van der Waals surface area contributed by atoms with Crippen LogP contribution in [0.5, 0.6) is 5.75 Å². The minimum absolute atomic E-state index is 0.0594. The first-order valence-corrected chi connectivity index (χ1v) is 8.25. The summed E-state index contributed by atoms with van der Waals surface area (Å²) in [6, 6.07) is 9.35. The average Bonchev–Trinajstić information content (AvgIpc) is 2.57. The normalized spacial score (nSPS) is 12.4. The molecule has 0 aliphatic carbocycles. The number of nitrogens with one attached hydrogen (secondary N) is 2. The second-order valence-electron chi connectivity index (χ2n) is 5.50. The number of ether oxygens (including phenoxy) is 1. The zero-order chi connectivity index (χ0) is 19.3. The Labute approximate surface area is 154 Å². The summed E-state index contributed by atoms with van der Waals surface area (Å²) in [7, 11) is 0. The molecule has 0 aromatic heterocycles. The minimum atomic E-state index is -4.63. The summed E-state index contributed by atoms with van der Waals surface area (Å²) < 4.78 is 44.6. The fourth-order valence-corrected chi connectivity index (χ4v) is 2.40. The first-order valence-electron chi connectivity index (χ1n) is 7.87. The maximum absolute atomic E-state index is 13.1. The zero-order valence-corrected chi connectivity index (χ0v) is 14.9. The summed E-state index contributed by atoms with van der Waals surface area (Å²) in [5.41, 5.74) is -0.692. The molecule has 0 saturated heterocycles. The van der Waals surface area contributed by atoms with Crippen molar-refractivity contribution >= 4 is 28.9 Å². The highest BCUT2D eigenvalue weighted by Gasteiger charge is 2.34. The topological polar surface area (TPSA) is 50.4 Å². The van der Waals surface area contributed by atoms with E-state index in [-0.39, 0.29) is 10.7 Å². The molecule has 0 saturated carbocycles. The van der Waals surface area contributed by atoms with E-state index in [1.807, 2.05) is 6.92 Å². The Morgan fingerprint density at radius 3 is 2.42 bits per heavy atom. The second kappa shape index (κ2) is 8.31. The van der Waals surface area contributed by atoms with Gasteiger partial charge < -0.3 is 15.4 Å². The van der Waals surface area contributed by atoms with Gasteiger partial charge in [-0.25, -0.2) is 0 Å². The molecule has 2 rings (SSSR count). The molecule has 0 fully saturated rings. The van der Waals surface area contributed by atoms with Crippen LogP contribution >= 0.6 is 11.6 Å². The number of alkyl halides is 3. The quantitative estimate of drug-likeness (QED) is 0.717. The number of carbonyl (C=O) groups excluding carboxylic acids is 1. The molecular weight excluding hydrogens is 369 g/mol. The summed E-state index contributed by atoms with van der Waals surface area (Å²) in [4.78, 5) is 12.3. The molecule has 0 spiro atoms. The minimum Gasteiger partial charge on any atom is -0.494 e. The van der Waals surface area contributed by atoms with Crippen LogP contribution in [0.2, 0.25) is 5.02 Å². The Hall–Kier alpha value is -2.41. The van der Waals surface area contributed by atoms with Gasteiger partial charge in [0.25, 0.3) is 0 Å². The van der Waals surface area contributed by atoms with E-state index in [1.54, 1.807) is 31.2 Å². The smallest absolute Gasteiger partial charge is 0.418 e. The number of anilines is 2. The predicted molar refractivity (Wildman–Crippen MR) is 95.8 cm³/mol. The van der Waals surface area contributed by atoms with Crippen LogP contribution in [0.1, 0.15) is 19.4 Å². The third-order valence-electron chi connectivity index (χ3n) is 3.49. The Balaban J connectivity index is 2.07. The molecule has 0 bridgehead atoms. The third-order valence-corrected chi connectivity index (χ3v) is 3.72. The Morgan fingerprint density at radius 2 is 1.85 bits per heavy atom. The summed E-state index contributed by atoms with van der Waals surface area (Å²) in [6.07, 6.45) is -4.63. The molecule has 1 atom stereocenters. The lowest BCUT2D eigenvalue weighted by Gasteiger charge is -2.18. The van der Waals surface area contributed by atoms with E-state index in [0.29, 0.717) is 18.0 Å². The van der Waals surface area contributed by atoms with Crippen molar-refractivity contribution in [2.24, 2.45) is 0 Å². The van der Waals surface area contributed by atoms with E-state index in [2.05, 4.69) is 10.6 Å². The molecule has 1 amide bonds. The van der Waals surface area contributed by atoms with Gasteiger partial charge in [0, 0.05) is 10.7 Å². The van der Waals surface area contributed by atoms with E-state index < -0.39 is 23.7 Å². The Morgan fingerprint density at radius 1 is 1.19 bits per heavy atom. The molecule has 8 heteroatoms. The zero-order valence-electron chi connectivity index (χ0n) is 14.2. The highest BCUT2D eigenvalue weighted by Crippen LogP contribution is 2.36. The van der Waals surface area contributed by atoms with Crippen LogP contribution in [-0.4, -0.2) is 18.6 Å². The molecule has 2 aromatic rings. The molecule has 0 heterocycles. The lowest BCUT2D eigenvalue weighted by atomic mass is 10.1. The van der Waals surface area contributed by atoms with E-state index in [0.717, 1.165) is 12.1 Å². The van der Waals surface area contributed by atoms with Gasteiger partial charge in [-0.15, -0.1) is 0 Å². The molecule has 2 aromatic carbocycles. The predicted octanol–water partition coefficient (Wildman–Crippen LogP) is 5.20. The fraction of sp³-hybridized carbons (Fsp3) is 0.278. The van der Waals surface area contributed by atoms with E-state index in [1.165, 1.54) is 6.07 Å². The van der Waals surface area contributed by atoms with Crippen molar-refractivity contribution in [2.45, 2.75) is 26.1 Å². The van der Waals surface area contributed by atoms with E-state index >= 15 is 0 Å². The first kappa shape index (κ1) is 19.9. The van der Waals surface area contributed by atoms with Crippen LogP contribution in [-0.2, 0) is 11.0 Å². The molecular formula is C18H18ClF3N2O2. The van der Waals surface area contributed by atoms with Gasteiger partial charge in [-0.2, -0.15) is 13.2 Å². The van der Waals surface area contributed by atoms with Gasteiger partial charge in [-0.05, 0) is 56.3 Å². The largest absolute Gasteiger partial charge is 0.494 e. The number of hydrogen-bond acceptors (Lipinski definition) is 3. The van der Waals surface area contributed by atoms with Crippen LogP contribution in [0.25, 0.3) is 0 Å². The van der Waals surface area contributed by atoms with Gasteiger partial charge in [0.1, 0.15) is 11.8 Å². The standard InChI is InChI=1S/C18H18ClF3N2O2/c1-3-26-14-7-5-13(6-8-14)23-11(2)17(25)24-16-9-4-12(19)10-15(16)18(20,21)22/h4-11,23H,3H2,1-2H3,(H,24,25)/t11-/m0/s1. The van der Waals surface area contributed by atoms with Gasteiger partial charge in [0.05, 0.1) is 17.9 Å². The number of rotatable bonds is 6. The molecule has 26 heavy (non-hydrogen) atoms. The van der Waals surface area contributed by atoms with Crippen molar-refractivity contribution < 1.29 is 22.7 Å². The van der Waals surface area contributed by atoms with Gasteiger partial charge in [-0.1, -0.05) is 11.6 Å². The highest BCUT2D eigenvalue weighted by atomic mass is 35.5. The lowest BCUT2D eigenvalue weighted by Crippen LogP contribution is -2.32. The van der Waals surface area contributed by atoms with Crippen LogP contribution < -0.4 is 15.4 Å². The number of hydrogen-bond donors (Lipinski definition) is 2. The molecule has 0 aliphatic heterocycles. The molecule has 2 N–H and O–H groups in total. The fourth-order valence-electron chi connectivity index (χ4n) is 2.23. The Bertz CT molecular complexity index is 764. The highest BCUT2D eigenvalue weighted by molar-refractivity contribution is 6.30. The van der Waals surface area contributed by atoms with Crippen LogP contribution in [0.3, 0.4) is 0 Å². The second-order valence-corrected chi connectivity index (χ2v) is 5.94. The van der Waals surface area contributed by atoms with Crippen molar-refractivity contribution in [3.8, 4) is 5.75 Å². The van der Waals surface area contributed by atoms with Crippen LogP contribution in [0.4, 0.5) is 24.5 Å². The SMILES string of the molecule is CCOc1ccc(N[C@@H](C)C(=O)Nc2ccc(Cl)cc2C(F)(F)F)cc1. The van der Waals surface area contributed by atoms with Crippen molar-refractivity contribution in [3.05, 3.63) is 53.1 Å². The Kier molecular flexibility index (Phi) is 6.37. The van der Waals surface area contributed by atoms with Crippen molar-refractivity contribution in [2.75, 3.05) is 17.2 Å². The molecule has 140 valence electrons. The summed E-state index contributed by atoms with van der Waals surface area (Å²) >= 11 is 5.63. The van der Waals surface area contributed by atoms with Crippen molar-refractivity contribution in [1.82, 2.24) is 0 Å². The summed E-state index contributed by atoms with van der Waals surface area (Å²) in [5, 5.41) is 5.16. The number of carbonyl (C=O) groups is 1. The number of benzene rings is 2. The first-order chi connectivity index (χ1) is 12.2. The van der Waals surface area contributed by atoms with Crippen LogP contribution in [0.15, 0.2) is 42.5 Å². The maximum atomic E-state index is 13.1. The number of halogens is 4. The maximum Gasteiger partial charge on any atom is 0.418 e. The molecule has 0 radical (unpaired) electrons. The monoisotopic (exact) mass is 386 g/mol. The van der Waals surface area contributed by atoms with Crippen LogP contribution in [0, 0.1) is 0 Å². The van der Waals surface area contributed by atoms with Crippen molar-refractivity contribution in [3.63, 3.8) is 0 Å². The molecule has 0 unspecified atom stereocenters. The lowest BCUT2D eigenvalue weighted by molar-refractivity contribution is -0.137. The molecule has 4 nitrogen and oxygen atoms in total. The summed E-state index contributed by atoms with van der Waals surface area (Å²) in [6.45, 7) is 3.95.